The molecule has 2 unspecified atom stereocenters. The lowest BCUT2D eigenvalue weighted by Gasteiger charge is -2.16. The fourth-order valence-corrected chi connectivity index (χ4v) is 1.41. The fraction of sp³-hybridized carbons (Fsp3) is 0.545. The van der Waals surface area contributed by atoms with Gasteiger partial charge in [0.15, 0.2) is 0 Å². The van der Waals surface area contributed by atoms with Crippen LogP contribution in [0.25, 0.3) is 0 Å². The topological polar surface area (TPSA) is 125 Å². The molecular formula is C11H17N3O5. The molecule has 0 bridgehead atoms. The molecule has 1 aromatic rings. The number of rotatable bonds is 6. The summed E-state index contributed by atoms with van der Waals surface area (Å²) in [5, 5.41) is 34.5. The molecule has 0 fully saturated rings. The van der Waals surface area contributed by atoms with Gasteiger partial charge in [-0.15, -0.1) is 0 Å². The van der Waals surface area contributed by atoms with E-state index in [0.717, 1.165) is 0 Å². The summed E-state index contributed by atoms with van der Waals surface area (Å²) in [7, 11) is 0. The largest absolute Gasteiger partial charge is 0.480 e. The van der Waals surface area contributed by atoms with E-state index in [0.29, 0.717) is 0 Å². The van der Waals surface area contributed by atoms with Gasteiger partial charge in [-0.1, -0.05) is 0 Å². The zero-order chi connectivity index (χ0) is 14.6. The second-order valence-corrected chi connectivity index (χ2v) is 4.22. The van der Waals surface area contributed by atoms with Gasteiger partial charge >= 0.3 is 5.97 Å². The van der Waals surface area contributed by atoms with Gasteiger partial charge in [-0.2, -0.15) is 5.10 Å². The third-order valence-electron chi connectivity index (χ3n) is 2.64. The Morgan fingerprint density at radius 2 is 2.11 bits per heavy atom. The average Bonchev–Trinajstić information content (AvgIpc) is 2.83. The molecule has 106 valence electrons. The molecule has 3 atom stereocenters. The first-order chi connectivity index (χ1) is 8.82. The quantitative estimate of drug-likeness (QED) is 0.529. The highest BCUT2D eigenvalue weighted by Crippen LogP contribution is 2.17. The van der Waals surface area contributed by atoms with Crippen LogP contribution in [0.2, 0.25) is 0 Å². The van der Waals surface area contributed by atoms with Gasteiger partial charge in [0.05, 0.1) is 6.20 Å². The minimum absolute atomic E-state index is 0.101. The molecule has 0 aliphatic carbocycles. The Hall–Kier alpha value is -1.93. The van der Waals surface area contributed by atoms with Crippen molar-refractivity contribution in [2.45, 2.75) is 32.1 Å². The third kappa shape index (κ3) is 4.04. The van der Waals surface area contributed by atoms with Gasteiger partial charge in [0.25, 0.3) is 0 Å². The third-order valence-corrected chi connectivity index (χ3v) is 2.64. The first-order valence-electron chi connectivity index (χ1n) is 5.70. The number of nitrogens with zero attached hydrogens (tertiary/aromatic N) is 2. The molecule has 8 nitrogen and oxygen atoms in total. The summed E-state index contributed by atoms with van der Waals surface area (Å²) in [6.45, 7) is 2.64. The number of aliphatic hydroxyl groups excluding tert-OH is 2. The Morgan fingerprint density at radius 1 is 1.47 bits per heavy atom. The van der Waals surface area contributed by atoms with E-state index in [4.69, 9.17) is 5.11 Å². The number of aromatic nitrogens is 2. The van der Waals surface area contributed by atoms with Crippen LogP contribution in [-0.4, -0.2) is 49.6 Å². The highest BCUT2D eigenvalue weighted by atomic mass is 16.4. The molecule has 0 saturated carbocycles. The van der Waals surface area contributed by atoms with Crippen LogP contribution < -0.4 is 5.32 Å². The van der Waals surface area contributed by atoms with E-state index in [1.165, 1.54) is 30.9 Å². The normalized spacial score (nSPS) is 15.6. The van der Waals surface area contributed by atoms with E-state index in [9.17, 15) is 19.8 Å². The van der Waals surface area contributed by atoms with E-state index < -0.39 is 24.2 Å². The van der Waals surface area contributed by atoms with Gasteiger partial charge < -0.3 is 20.6 Å². The van der Waals surface area contributed by atoms with Crippen LogP contribution in [0.4, 0.5) is 0 Å². The molecule has 0 radical (unpaired) electrons. The fourth-order valence-electron chi connectivity index (χ4n) is 1.41. The minimum atomic E-state index is -1.25. The molecule has 1 heterocycles. The molecule has 0 aliphatic heterocycles. The van der Waals surface area contributed by atoms with E-state index in [1.54, 1.807) is 0 Å². The number of amides is 1. The first-order valence-corrected chi connectivity index (χ1v) is 5.70. The number of carboxylic acid groups (broad SMARTS) is 1. The Balaban J connectivity index is 2.69. The molecule has 1 aromatic heterocycles. The number of aliphatic carboxylic acids is 1. The summed E-state index contributed by atoms with van der Waals surface area (Å²) >= 11 is 0. The summed E-state index contributed by atoms with van der Waals surface area (Å²) < 4.78 is 1.17. The van der Waals surface area contributed by atoms with E-state index in [1.807, 2.05) is 0 Å². The van der Waals surface area contributed by atoms with Crippen molar-refractivity contribution in [2.24, 2.45) is 0 Å². The van der Waals surface area contributed by atoms with E-state index in [-0.39, 0.29) is 18.0 Å². The smallest absolute Gasteiger partial charge is 0.328 e. The monoisotopic (exact) mass is 271 g/mol. The number of hydrogen-bond donors (Lipinski definition) is 4. The number of carbonyl (C=O) groups excluding carboxylic acids is 1. The summed E-state index contributed by atoms with van der Waals surface area (Å²) in [5.41, 5.74) is 0.283. The molecule has 8 heteroatoms. The Bertz CT molecular complexity index is 459. The highest BCUT2D eigenvalue weighted by molar-refractivity contribution is 5.72. The number of hydrogen-bond acceptors (Lipinski definition) is 5. The number of aliphatic hydroxyl groups is 2. The van der Waals surface area contributed by atoms with E-state index >= 15 is 0 Å². The molecule has 4 N–H and O–H groups in total. The predicted molar refractivity (Wildman–Crippen MR) is 64.2 cm³/mol. The van der Waals surface area contributed by atoms with Gasteiger partial charge in [0.2, 0.25) is 5.91 Å². The van der Waals surface area contributed by atoms with Gasteiger partial charge in [0.1, 0.15) is 18.2 Å². The van der Waals surface area contributed by atoms with Crippen LogP contribution >= 0.6 is 0 Å². The standard InChI is InChI=1S/C11H17N3O5/c1-6(11(18)19)14-5-8(3-13-14)10(17)9(16)4-12-7(2)15/h3,5-6,9-10,16-17H,4H2,1-2H3,(H,12,15)(H,18,19)/t6-,9?,10?/m0/s1. The molecule has 0 aliphatic rings. The highest BCUT2D eigenvalue weighted by Gasteiger charge is 2.22. The van der Waals surface area contributed by atoms with Gasteiger partial charge in [0, 0.05) is 25.2 Å². The number of nitrogens with one attached hydrogen (secondary N) is 1. The van der Waals surface area contributed by atoms with Crippen LogP contribution in [0.15, 0.2) is 12.4 Å². The van der Waals surface area contributed by atoms with Gasteiger partial charge in [-0.05, 0) is 6.92 Å². The summed E-state index contributed by atoms with van der Waals surface area (Å²) in [4.78, 5) is 21.5. The van der Waals surface area contributed by atoms with Crippen LogP contribution in [0, 0.1) is 0 Å². The molecule has 0 spiro atoms. The van der Waals surface area contributed by atoms with Crippen LogP contribution in [-0.2, 0) is 9.59 Å². The lowest BCUT2D eigenvalue weighted by atomic mass is 10.1. The molecule has 1 amide bonds. The summed E-state index contributed by atoms with van der Waals surface area (Å²) in [6, 6.07) is -0.867. The maximum absolute atomic E-state index is 10.8. The first kappa shape index (κ1) is 15.1. The zero-order valence-electron chi connectivity index (χ0n) is 10.6. The molecule has 0 aromatic carbocycles. The minimum Gasteiger partial charge on any atom is -0.480 e. The van der Waals surface area contributed by atoms with Crippen LogP contribution in [0.1, 0.15) is 31.6 Å². The second-order valence-electron chi connectivity index (χ2n) is 4.22. The lowest BCUT2D eigenvalue weighted by Crippen LogP contribution is -2.34. The van der Waals surface area contributed by atoms with Crippen LogP contribution in [0.5, 0.6) is 0 Å². The lowest BCUT2D eigenvalue weighted by molar-refractivity contribution is -0.140. The van der Waals surface area contributed by atoms with Crippen molar-refractivity contribution >= 4 is 11.9 Å². The van der Waals surface area contributed by atoms with E-state index in [2.05, 4.69) is 10.4 Å². The van der Waals surface area contributed by atoms with Gasteiger partial charge in [-0.3, -0.25) is 9.48 Å². The second kappa shape index (κ2) is 6.30. The van der Waals surface area contributed by atoms with Crippen molar-refractivity contribution in [3.05, 3.63) is 18.0 Å². The van der Waals surface area contributed by atoms with Crippen molar-refractivity contribution in [3.63, 3.8) is 0 Å². The van der Waals surface area contributed by atoms with Crippen molar-refractivity contribution < 1.29 is 24.9 Å². The predicted octanol–water partition coefficient (Wildman–Crippen LogP) is -0.941. The van der Waals surface area contributed by atoms with Crippen molar-refractivity contribution in [3.8, 4) is 0 Å². The van der Waals surface area contributed by atoms with Gasteiger partial charge in [-0.25, -0.2) is 4.79 Å². The maximum atomic E-state index is 10.8. The molecule has 1 rings (SSSR count). The number of carboxylic acids is 1. The molecule has 19 heavy (non-hydrogen) atoms. The summed E-state index contributed by atoms with van der Waals surface area (Å²) in [5.74, 6) is -1.37. The Kier molecular flexibility index (Phi) is 5.02. The van der Waals surface area contributed by atoms with Crippen molar-refractivity contribution in [2.75, 3.05) is 6.54 Å². The summed E-state index contributed by atoms with van der Waals surface area (Å²) in [6.07, 6.45) is 0.185. The molecule has 0 saturated heterocycles. The number of carbonyl (C=O) groups is 2. The molecular weight excluding hydrogens is 254 g/mol. The zero-order valence-corrected chi connectivity index (χ0v) is 10.6. The van der Waals surface area contributed by atoms with Crippen LogP contribution in [0.3, 0.4) is 0 Å². The average molecular weight is 271 g/mol. The maximum Gasteiger partial charge on any atom is 0.328 e. The Labute approximate surface area is 109 Å². The van der Waals surface area contributed by atoms with Crippen molar-refractivity contribution in [1.29, 1.82) is 0 Å². The SMILES string of the molecule is CC(=O)NCC(O)C(O)c1cnn([C@@H](C)C(=O)O)c1. The van der Waals surface area contributed by atoms with Crippen molar-refractivity contribution in [1.82, 2.24) is 15.1 Å². The Morgan fingerprint density at radius 3 is 2.63 bits per heavy atom.